The zero-order chi connectivity index (χ0) is 21.0. The van der Waals surface area contributed by atoms with E-state index in [0.717, 1.165) is 35.4 Å². The van der Waals surface area contributed by atoms with E-state index in [1.54, 1.807) is 6.26 Å². The molecule has 158 valence electrons. The van der Waals surface area contributed by atoms with Gasteiger partial charge in [-0.25, -0.2) is 4.68 Å². The fraction of sp³-hybridized carbons (Fsp3) is 0.292. The van der Waals surface area contributed by atoms with Crippen LogP contribution >= 0.6 is 0 Å². The van der Waals surface area contributed by atoms with Crippen molar-refractivity contribution in [1.29, 1.82) is 0 Å². The minimum absolute atomic E-state index is 0.0621. The molecule has 0 spiro atoms. The second-order valence-corrected chi connectivity index (χ2v) is 8.08. The Balaban J connectivity index is 1.23. The third-order valence-corrected chi connectivity index (χ3v) is 6.06. The summed E-state index contributed by atoms with van der Waals surface area (Å²) in [6.07, 6.45) is 4.16. The summed E-state index contributed by atoms with van der Waals surface area (Å²) in [5.41, 5.74) is 3.60. The maximum atomic E-state index is 12.8. The van der Waals surface area contributed by atoms with Crippen molar-refractivity contribution in [2.24, 2.45) is 0 Å². The zero-order valence-corrected chi connectivity index (χ0v) is 17.3. The van der Waals surface area contributed by atoms with Crippen molar-refractivity contribution in [2.75, 3.05) is 19.6 Å². The van der Waals surface area contributed by atoms with E-state index >= 15 is 0 Å². The number of furan rings is 1. The van der Waals surface area contributed by atoms with E-state index in [2.05, 4.69) is 15.6 Å². The van der Waals surface area contributed by atoms with Gasteiger partial charge in [-0.15, -0.1) is 5.10 Å². The predicted octanol–water partition coefficient (Wildman–Crippen LogP) is 2.22. The van der Waals surface area contributed by atoms with Gasteiger partial charge in [0.2, 0.25) is 0 Å². The minimum Gasteiger partial charge on any atom is -0.463 e. The molecule has 1 aliphatic heterocycles. The smallest absolute Gasteiger partial charge is 0.251 e. The first-order valence-electron chi connectivity index (χ1n) is 10.8. The van der Waals surface area contributed by atoms with Crippen molar-refractivity contribution in [3.05, 3.63) is 83.8 Å². The first-order chi connectivity index (χ1) is 15.3. The van der Waals surface area contributed by atoms with Gasteiger partial charge in [0.15, 0.2) is 11.8 Å². The van der Waals surface area contributed by atoms with E-state index < -0.39 is 0 Å². The van der Waals surface area contributed by atoms with Gasteiger partial charge < -0.3 is 14.6 Å². The van der Waals surface area contributed by atoms with Crippen molar-refractivity contribution in [3.63, 3.8) is 0 Å². The number of likely N-dealkylation sites (tertiary alicyclic amines) is 1. The standard InChI is InChI=1S/C24H25N5O2/c30-24(25-16-22(23-8-5-15-31-23)28-13-3-4-14-28)19-11-9-18(10-12-19)17-29-21-7-2-1-6-20(21)26-27-29/h1-2,5-12,15,22H,3-4,13-14,16-17H2,(H,25,30)/p+1/t22-/m1/s1. The van der Waals surface area contributed by atoms with Crippen LogP contribution in [0.1, 0.15) is 40.6 Å². The first kappa shape index (κ1) is 19.5. The second kappa shape index (κ2) is 8.73. The Bertz CT molecular complexity index is 1140. The maximum Gasteiger partial charge on any atom is 0.251 e. The highest BCUT2D eigenvalue weighted by Gasteiger charge is 2.29. The molecule has 3 heterocycles. The topological polar surface area (TPSA) is 77.4 Å². The van der Waals surface area contributed by atoms with Crippen LogP contribution in [0.2, 0.25) is 0 Å². The lowest BCUT2D eigenvalue weighted by atomic mass is 10.1. The molecular formula is C24H26N5O2+. The monoisotopic (exact) mass is 416 g/mol. The summed E-state index contributed by atoms with van der Waals surface area (Å²) in [6, 6.07) is 19.7. The minimum atomic E-state index is -0.0621. The average molecular weight is 417 g/mol. The fourth-order valence-corrected chi connectivity index (χ4v) is 4.38. The van der Waals surface area contributed by atoms with Gasteiger partial charge >= 0.3 is 0 Å². The van der Waals surface area contributed by atoms with Crippen LogP contribution in [0.3, 0.4) is 0 Å². The molecule has 5 rings (SSSR count). The quantitative estimate of drug-likeness (QED) is 0.484. The Morgan fingerprint density at radius 1 is 1.06 bits per heavy atom. The molecule has 2 aromatic heterocycles. The highest BCUT2D eigenvalue weighted by atomic mass is 16.3. The summed E-state index contributed by atoms with van der Waals surface area (Å²) in [6.45, 7) is 3.41. The van der Waals surface area contributed by atoms with Crippen LogP contribution in [0.15, 0.2) is 71.3 Å². The van der Waals surface area contributed by atoms with Crippen LogP contribution in [-0.2, 0) is 6.54 Å². The number of amides is 1. The third-order valence-electron chi connectivity index (χ3n) is 6.06. The largest absolute Gasteiger partial charge is 0.463 e. The van der Waals surface area contributed by atoms with Gasteiger partial charge in [-0.1, -0.05) is 29.5 Å². The molecule has 0 aliphatic carbocycles. The lowest BCUT2D eigenvalue weighted by Gasteiger charge is -2.23. The van der Waals surface area contributed by atoms with Crippen LogP contribution in [0.5, 0.6) is 0 Å². The molecule has 0 unspecified atom stereocenters. The van der Waals surface area contributed by atoms with E-state index in [4.69, 9.17) is 4.42 Å². The van der Waals surface area contributed by atoms with Crippen molar-refractivity contribution >= 4 is 16.9 Å². The van der Waals surface area contributed by atoms with Crippen molar-refractivity contribution < 1.29 is 14.1 Å². The lowest BCUT2D eigenvalue weighted by molar-refractivity contribution is -0.919. The molecule has 2 N–H and O–H groups in total. The van der Waals surface area contributed by atoms with Crippen LogP contribution in [0.25, 0.3) is 11.0 Å². The molecule has 0 bridgehead atoms. The van der Waals surface area contributed by atoms with E-state index in [-0.39, 0.29) is 11.9 Å². The van der Waals surface area contributed by atoms with E-state index in [0.29, 0.717) is 18.7 Å². The van der Waals surface area contributed by atoms with Crippen molar-refractivity contribution in [3.8, 4) is 0 Å². The fourth-order valence-electron chi connectivity index (χ4n) is 4.38. The number of hydrogen-bond donors (Lipinski definition) is 2. The maximum absolute atomic E-state index is 12.8. The normalized spacial score (nSPS) is 15.4. The number of nitrogens with one attached hydrogen (secondary N) is 2. The number of quaternary nitrogens is 1. The number of carbonyl (C=O) groups excluding carboxylic acids is 1. The van der Waals surface area contributed by atoms with Crippen LogP contribution in [-0.4, -0.2) is 40.5 Å². The lowest BCUT2D eigenvalue weighted by Crippen LogP contribution is -3.11. The Kier molecular flexibility index (Phi) is 5.50. The van der Waals surface area contributed by atoms with E-state index in [9.17, 15) is 4.79 Å². The number of rotatable bonds is 7. The predicted molar refractivity (Wildman–Crippen MR) is 117 cm³/mol. The summed E-state index contributed by atoms with van der Waals surface area (Å²) in [5, 5.41) is 11.5. The molecule has 7 heteroatoms. The molecule has 1 amide bonds. The number of para-hydroxylation sites is 1. The van der Waals surface area contributed by atoms with Crippen molar-refractivity contribution in [2.45, 2.75) is 25.4 Å². The number of hydrogen-bond acceptors (Lipinski definition) is 4. The highest BCUT2D eigenvalue weighted by Crippen LogP contribution is 2.14. The van der Waals surface area contributed by atoms with Crippen LogP contribution < -0.4 is 10.2 Å². The molecule has 0 radical (unpaired) electrons. The SMILES string of the molecule is O=C(NC[C@H](c1ccco1)[NH+]1CCCC1)c1ccc(Cn2nnc3ccccc32)cc1. The molecule has 1 aliphatic rings. The highest BCUT2D eigenvalue weighted by molar-refractivity contribution is 5.94. The molecule has 4 aromatic rings. The molecule has 2 aromatic carbocycles. The first-order valence-corrected chi connectivity index (χ1v) is 10.8. The van der Waals surface area contributed by atoms with Gasteiger partial charge in [0.25, 0.3) is 5.91 Å². The average Bonchev–Trinajstić information content (AvgIpc) is 3.58. The van der Waals surface area contributed by atoms with Gasteiger partial charge in [0.1, 0.15) is 5.52 Å². The summed E-state index contributed by atoms with van der Waals surface area (Å²) in [7, 11) is 0. The summed E-state index contributed by atoms with van der Waals surface area (Å²) in [4.78, 5) is 14.2. The Hall–Kier alpha value is -3.45. The molecule has 1 fully saturated rings. The molecular weight excluding hydrogens is 390 g/mol. The molecule has 0 saturated carbocycles. The second-order valence-electron chi connectivity index (χ2n) is 8.08. The van der Waals surface area contributed by atoms with Gasteiger partial charge in [0.05, 0.1) is 38.0 Å². The number of nitrogens with zero attached hydrogens (tertiary/aromatic N) is 3. The molecule has 1 saturated heterocycles. The van der Waals surface area contributed by atoms with Crippen LogP contribution in [0, 0.1) is 0 Å². The van der Waals surface area contributed by atoms with Gasteiger partial charge in [-0.3, -0.25) is 4.79 Å². The number of benzene rings is 2. The van der Waals surface area contributed by atoms with E-state index in [1.165, 1.54) is 17.7 Å². The zero-order valence-electron chi connectivity index (χ0n) is 17.3. The number of aromatic nitrogens is 3. The Labute approximate surface area is 180 Å². The van der Waals surface area contributed by atoms with Gasteiger partial charge in [-0.2, -0.15) is 0 Å². The number of carbonyl (C=O) groups is 1. The summed E-state index contributed by atoms with van der Waals surface area (Å²) >= 11 is 0. The number of fused-ring (bicyclic) bond motifs is 1. The molecule has 1 atom stereocenters. The van der Waals surface area contributed by atoms with Gasteiger partial charge in [0, 0.05) is 18.4 Å². The van der Waals surface area contributed by atoms with Crippen LogP contribution in [0.4, 0.5) is 0 Å². The third kappa shape index (κ3) is 4.22. The van der Waals surface area contributed by atoms with E-state index in [1.807, 2.05) is 65.3 Å². The Morgan fingerprint density at radius 2 is 1.87 bits per heavy atom. The van der Waals surface area contributed by atoms with Crippen molar-refractivity contribution in [1.82, 2.24) is 20.3 Å². The molecule has 31 heavy (non-hydrogen) atoms. The molecule has 7 nitrogen and oxygen atoms in total. The summed E-state index contributed by atoms with van der Waals surface area (Å²) < 4.78 is 7.53. The van der Waals surface area contributed by atoms with Gasteiger partial charge in [-0.05, 0) is 42.0 Å². The summed E-state index contributed by atoms with van der Waals surface area (Å²) in [5.74, 6) is 0.875. The Morgan fingerprint density at radius 3 is 2.65 bits per heavy atom.